The van der Waals surface area contributed by atoms with Crippen LogP contribution < -0.4 is 5.73 Å². The SMILES string of the molecule is CC(N)CN(Cc1ccccc1)C1CC1. The van der Waals surface area contributed by atoms with Gasteiger partial charge in [0.05, 0.1) is 0 Å². The van der Waals surface area contributed by atoms with E-state index in [1.54, 1.807) is 0 Å². The highest BCUT2D eigenvalue weighted by Crippen LogP contribution is 2.28. The van der Waals surface area contributed by atoms with E-state index in [0.29, 0.717) is 0 Å². The lowest BCUT2D eigenvalue weighted by molar-refractivity contribution is 0.242. The number of hydrogen-bond donors (Lipinski definition) is 1. The monoisotopic (exact) mass is 204 g/mol. The van der Waals surface area contributed by atoms with Gasteiger partial charge in [-0.1, -0.05) is 30.3 Å². The van der Waals surface area contributed by atoms with Crippen molar-refractivity contribution in [2.24, 2.45) is 5.73 Å². The molecule has 1 unspecified atom stereocenters. The van der Waals surface area contributed by atoms with Crippen molar-refractivity contribution in [1.29, 1.82) is 0 Å². The van der Waals surface area contributed by atoms with Gasteiger partial charge >= 0.3 is 0 Å². The normalized spacial score (nSPS) is 18.1. The number of hydrogen-bond acceptors (Lipinski definition) is 2. The topological polar surface area (TPSA) is 29.3 Å². The van der Waals surface area contributed by atoms with Crippen LogP contribution in [0, 0.1) is 0 Å². The summed E-state index contributed by atoms with van der Waals surface area (Å²) in [5, 5.41) is 0. The van der Waals surface area contributed by atoms with E-state index in [4.69, 9.17) is 5.73 Å². The van der Waals surface area contributed by atoms with Gasteiger partial charge in [0.2, 0.25) is 0 Å². The molecule has 1 aromatic rings. The predicted octanol–water partition coefficient (Wildman–Crippen LogP) is 2.00. The molecule has 2 N–H and O–H groups in total. The van der Waals surface area contributed by atoms with Crippen LogP contribution in [0.5, 0.6) is 0 Å². The second-order valence-corrected chi connectivity index (χ2v) is 4.62. The quantitative estimate of drug-likeness (QED) is 0.795. The van der Waals surface area contributed by atoms with Crippen molar-refractivity contribution in [2.45, 2.75) is 38.4 Å². The number of benzene rings is 1. The molecular formula is C13H20N2. The summed E-state index contributed by atoms with van der Waals surface area (Å²) in [5.41, 5.74) is 7.26. The Morgan fingerprint density at radius 1 is 1.33 bits per heavy atom. The maximum atomic E-state index is 5.87. The van der Waals surface area contributed by atoms with Crippen LogP contribution in [0.2, 0.25) is 0 Å². The minimum absolute atomic E-state index is 0.273. The third-order valence-corrected chi connectivity index (χ3v) is 2.81. The predicted molar refractivity (Wildman–Crippen MR) is 63.5 cm³/mol. The molecule has 1 atom stereocenters. The van der Waals surface area contributed by atoms with Crippen molar-refractivity contribution in [2.75, 3.05) is 6.54 Å². The van der Waals surface area contributed by atoms with Gasteiger partial charge in [0.15, 0.2) is 0 Å². The van der Waals surface area contributed by atoms with Crippen LogP contribution in [0.15, 0.2) is 30.3 Å². The van der Waals surface area contributed by atoms with Crippen LogP contribution in [-0.4, -0.2) is 23.5 Å². The lowest BCUT2D eigenvalue weighted by Crippen LogP contribution is -2.36. The molecule has 2 heteroatoms. The molecule has 1 aromatic carbocycles. The van der Waals surface area contributed by atoms with E-state index in [0.717, 1.165) is 19.1 Å². The fraction of sp³-hybridized carbons (Fsp3) is 0.538. The first-order valence-electron chi connectivity index (χ1n) is 5.79. The highest BCUT2D eigenvalue weighted by atomic mass is 15.2. The Balaban J connectivity index is 1.94. The molecule has 0 radical (unpaired) electrons. The average Bonchev–Trinajstić information content (AvgIpc) is 3.01. The van der Waals surface area contributed by atoms with E-state index < -0.39 is 0 Å². The molecule has 15 heavy (non-hydrogen) atoms. The summed E-state index contributed by atoms with van der Waals surface area (Å²) < 4.78 is 0. The Morgan fingerprint density at radius 3 is 2.53 bits per heavy atom. The molecule has 82 valence electrons. The van der Waals surface area contributed by atoms with Gasteiger partial charge in [-0.3, -0.25) is 4.90 Å². The lowest BCUT2D eigenvalue weighted by atomic mass is 10.2. The van der Waals surface area contributed by atoms with E-state index in [1.807, 2.05) is 0 Å². The standard InChI is InChI=1S/C13H20N2/c1-11(14)9-15(13-7-8-13)10-12-5-3-2-4-6-12/h2-6,11,13H,7-10,14H2,1H3. The van der Waals surface area contributed by atoms with Crippen molar-refractivity contribution in [3.05, 3.63) is 35.9 Å². The third kappa shape index (κ3) is 3.33. The molecule has 0 heterocycles. The molecule has 0 aliphatic heterocycles. The van der Waals surface area contributed by atoms with Crippen LogP contribution in [-0.2, 0) is 6.54 Å². The summed E-state index contributed by atoms with van der Waals surface area (Å²) in [7, 11) is 0. The minimum atomic E-state index is 0.273. The highest BCUT2D eigenvalue weighted by molar-refractivity contribution is 5.15. The molecule has 0 amide bonds. The van der Waals surface area contributed by atoms with Crippen LogP contribution in [0.25, 0.3) is 0 Å². The first kappa shape index (κ1) is 10.7. The Kier molecular flexibility index (Phi) is 3.39. The van der Waals surface area contributed by atoms with E-state index in [-0.39, 0.29) is 6.04 Å². The molecule has 2 rings (SSSR count). The second kappa shape index (κ2) is 4.77. The van der Waals surface area contributed by atoms with Gasteiger partial charge in [-0.25, -0.2) is 0 Å². The fourth-order valence-corrected chi connectivity index (χ4v) is 1.97. The van der Waals surface area contributed by atoms with Crippen LogP contribution >= 0.6 is 0 Å². The Bertz CT molecular complexity index is 291. The zero-order valence-corrected chi connectivity index (χ0v) is 9.39. The summed E-state index contributed by atoms with van der Waals surface area (Å²) >= 11 is 0. The molecule has 1 saturated carbocycles. The van der Waals surface area contributed by atoms with Gasteiger partial charge in [0, 0.05) is 25.2 Å². The number of rotatable bonds is 5. The van der Waals surface area contributed by atoms with Gasteiger partial charge in [0.1, 0.15) is 0 Å². The molecule has 2 nitrogen and oxygen atoms in total. The van der Waals surface area contributed by atoms with Gasteiger partial charge in [0.25, 0.3) is 0 Å². The first-order valence-corrected chi connectivity index (χ1v) is 5.79. The van der Waals surface area contributed by atoms with Crippen molar-refractivity contribution in [3.63, 3.8) is 0 Å². The van der Waals surface area contributed by atoms with Crippen molar-refractivity contribution in [3.8, 4) is 0 Å². The smallest absolute Gasteiger partial charge is 0.0237 e. The van der Waals surface area contributed by atoms with E-state index in [1.165, 1.54) is 18.4 Å². The van der Waals surface area contributed by atoms with Gasteiger partial charge < -0.3 is 5.73 Å². The Hall–Kier alpha value is -0.860. The van der Waals surface area contributed by atoms with Crippen molar-refractivity contribution < 1.29 is 0 Å². The van der Waals surface area contributed by atoms with E-state index >= 15 is 0 Å². The molecule has 0 spiro atoms. The molecule has 1 aliphatic carbocycles. The number of nitrogens with two attached hydrogens (primary N) is 1. The van der Waals surface area contributed by atoms with Crippen LogP contribution in [0.1, 0.15) is 25.3 Å². The van der Waals surface area contributed by atoms with Crippen molar-refractivity contribution in [1.82, 2.24) is 4.90 Å². The molecule has 0 bridgehead atoms. The summed E-state index contributed by atoms with van der Waals surface area (Å²) in [4.78, 5) is 2.51. The molecular weight excluding hydrogens is 184 g/mol. The lowest BCUT2D eigenvalue weighted by Gasteiger charge is -2.23. The summed E-state index contributed by atoms with van der Waals surface area (Å²) in [5.74, 6) is 0. The van der Waals surface area contributed by atoms with Crippen molar-refractivity contribution >= 4 is 0 Å². The maximum Gasteiger partial charge on any atom is 0.0237 e. The van der Waals surface area contributed by atoms with Crippen LogP contribution in [0.4, 0.5) is 0 Å². The largest absolute Gasteiger partial charge is 0.327 e. The minimum Gasteiger partial charge on any atom is -0.327 e. The Morgan fingerprint density at radius 2 is 2.00 bits per heavy atom. The van der Waals surface area contributed by atoms with Gasteiger partial charge in [-0.15, -0.1) is 0 Å². The zero-order valence-electron chi connectivity index (χ0n) is 9.39. The molecule has 1 aliphatic rings. The first-order chi connectivity index (χ1) is 7.25. The molecule has 0 aromatic heterocycles. The molecule has 0 saturated heterocycles. The third-order valence-electron chi connectivity index (χ3n) is 2.81. The molecule has 1 fully saturated rings. The highest BCUT2D eigenvalue weighted by Gasteiger charge is 2.29. The van der Waals surface area contributed by atoms with Gasteiger partial charge in [-0.05, 0) is 25.3 Å². The van der Waals surface area contributed by atoms with Gasteiger partial charge in [-0.2, -0.15) is 0 Å². The summed E-state index contributed by atoms with van der Waals surface area (Å²) in [6.45, 7) is 4.15. The summed E-state index contributed by atoms with van der Waals surface area (Å²) in [6, 6.07) is 11.7. The second-order valence-electron chi connectivity index (χ2n) is 4.62. The fourth-order valence-electron chi connectivity index (χ4n) is 1.97. The maximum absolute atomic E-state index is 5.87. The van der Waals surface area contributed by atoms with E-state index in [2.05, 4.69) is 42.2 Å². The summed E-state index contributed by atoms with van der Waals surface area (Å²) in [6.07, 6.45) is 2.69. The van der Waals surface area contributed by atoms with E-state index in [9.17, 15) is 0 Å². The average molecular weight is 204 g/mol. The Labute approximate surface area is 92.1 Å². The number of nitrogens with zero attached hydrogens (tertiary/aromatic N) is 1. The zero-order chi connectivity index (χ0) is 10.7. The van der Waals surface area contributed by atoms with Crippen LogP contribution in [0.3, 0.4) is 0 Å².